The van der Waals surface area contributed by atoms with Crippen molar-refractivity contribution in [1.29, 1.82) is 0 Å². The van der Waals surface area contributed by atoms with Crippen molar-refractivity contribution in [3.63, 3.8) is 0 Å². The molecule has 0 fully saturated rings. The molecular formula is C21H16F4N4O4S. The first kappa shape index (κ1) is 24.6. The molecule has 2 heterocycles. The van der Waals surface area contributed by atoms with E-state index in [2.05, 4.69) is 20.3 Å². The third-order valence-corrected chi connectivity index (χ3v) is 4.91. The quantitative estimate of drug-likeness (QED) is 0.412. The average Bonchev–Trinajstić information content (AvgIpc) is 3.43. The number of fused-ring (bicyclic) bond motifs is 1. The van der Waals surface area contributed by atoms with Crippen LogP contribution in [0.4, 0.5) is 23.2 Å². The molecule has 2 aromatic carbocycles. The van der Waals surface area contributed by atoms with Crippen LogP contribution in [0.25, 0.3) is 22.6 Å². The SMILES string of the molecule is COc1ccc(CC(=O)Nc2ccc3[nH+]c(-c4cscn4)[nH]c3c2)cc1F.O=C([O-])C(F)(F)F. The predicted octanol–water partition coefficient (Wildman–Crippen LogP) is 2.73. The number of benzene rings is 2. The lowest BCUT2D eigenvalue weighted by molar-refractivity contribution is -0.344. The Morgan fingerprint density at radius 1 is 1.24 bits per heavy atom. The van der Waals surface area contributed by atoms with E-state index in [-0.39, 0.29) is 18.1 Å². The third-order valence-electron chi connectivity index (χ3n) is 4.32. The van der Waals surface area contributed by atoms with E-state index in [1.54, 1.807) is 11.6 Å². The lowest BCUT2D eigenvalue weighted by atomic mass is 10.1. The molecule has 13 heteroatoms. The van der Waals surface area contributed by atoms with Gasteiger partial charge in [0, 0.05) is 17.1 Å². The number of aliphatic carboxylic acids is 1. The fourth-order valence-electron chi connectivity index (χ4n) is 2.81. The summed E-state index contributed by atoms with van der Waals surface area (Å²) in [5.41, 5.74) is 5.60. The predicted molar refractivity (Wildman–Crippen MR) is 112 cm³/mol. The maximum absolute atomic E-state index is 13.8. The van der Waals surface area contributed by atoms with Crippen molar-refractivity contribution in [3.8, 4) is 17.3 Å². The van der Waals surface area contributed by atoms with E-state index >= 15 is 0 Å². The number of alkyl halides is 3. The van der Waals surface area contributed by atoms with Gasteiger partial charge in [0.05, 0.1) is 19.0 Å². The summed E-state index contributed by atoms with van der Waals surface area (Å²) in [6.07, 6.45) is -5.13. The van der Waals surface area contributed by atoms with Crippen LogP contribution in [0, 0.1) is 5.82 Å². The Kier molecular flexibility index (Phi) is 7.46. The first-order valence-electron chi connectivity index (χ1n) is 9.41. The van der Waals surface area contributed by atoms with Gasteiger partial charge in [-0.25, -0.2) is 19.3 Å². The molecular weight excluding hydrogens is 480 g/mol. The Labute approximate surface area is 193 Å². The number of amides is 1. The van der Waals surface area contributed by atoms with Gasteiger partial charge in [0.15, 0.2) is 28.3 Å². The van der Waals surface area contributed by atoms with Crippen molar-refractivity contribution in [3.05, 3.63) is 58.7 Å². The minimum Gasteiger partial charge on any atom is -0.542 e. The van der Waals surface area contributed by atoms with Crippen LogP contribution >= 0.6 is 11.3 Å². The fourth-order valence-corrected chi connectivity index (χ4v) is 3.35. The maximum Gasteiger partial charge on any atom is 0.430 e. The summed E-state index contributed by atoms with van der Waals surface area (Å²) in [5.74, 6) is -2.76. The van der Waals surface area contributed by atoms with Crippen molar-refractivity contribution >= 4 is 39.9 Å². The molecule has 0 spiro atoms. The van der Waals surface area contributed by atoms with Crippen LogP contribution in [0.15, 0.2) is 47.3 Å². The second kappa shape index (κ2) is 10.3. The highest BCUT2D eigenvalue weighted by Crippen LogP contribution is 2.21. The number of ether oxygens (including phenoxy) is 1. The highest BCUT2D eigenvalue weighted by Gasteiger charge is 2.28. The lowest BCUT2D eigenvalue weighted by Gasteiger charge is -2.06. The number of carbonyl (C=O) groups excluding carboxylic acids is 2. The molecule has 0 aliphatic heterocycles. The number of H-pyrrole nitrogens is 2. The molecule has 0 aliphatic carbocycles. The molecule has 178 valence electrons. The normalized spacial score (nSPS) is 11.0. The van der Waals surface area contributed by atoms with Crippen LogP contribution in [0.2, 0.25) is 0 Å². The van der Waals surface area contributed by atoms with Gasteiger partial charge < -0.3 is 20.0 Å². The number of methoxy groups -OCH3 is 1. The molecule has 0 saturated heterocycles. The molecule has 0 unspecified atom stereocenters. The van der Waals surface area contributed by atoms with Gasteiger partial charge in [-0.1, -0.05) is 6.07 Å². The number of thiazole rings is 1. The van der Waals surface area contributed by atoms with E-state index in [0.717, 1.165) is 22.6 Å². The van der Waals surface area contributed by atoms with Gasteiger partial charge in [0.25, 0.3) is 0 Å². The number of aromatic amines is 2. The number of hydrogen-bond donors (Lipinski definition) is 2. The number of rotatable bonds is 5. The molecule has 3 N–H and O–H groups in total. The van der Waals surface area contributed by atoms with E-state index in [1.165, 1.54) is 30.6 Å². The minimum absolute atomic E-state index is 0.0693. The van der Waals surface area contributed by atoms with Crippen LogP contribution in [0.3, 0.4) is 0 Å². The number of carboxylic acids is 1. The van der Waals surface area contributed by atoms with Gasteiger partial charge in [-0.15, -0.1) is 11.3 Å². The second-order valence-electron chi connectivity index (χ2n) is 6.74. The number of carboxylic acid groups (broad SMARTS) is 1. The average molecular weight is 496 g/mol. The van der Waals surface area contributed by atoms with E-state index in [1.807, 2.05) is 23.6 Å². The molecule has 2 aromatic heterocycles. The zero-order valence-corrected chi connectivity index (χ0v) is 18.1. The fraction of sp³-hybridized carbons (Fsp3) is 0.143. The topological polar surface area (TPSA) is 121 Å². The van der Waals surface area contributed by atoms with Crippen molar-refractivity contribution in [2.75, 3.05) is 12.4 Å². The largest absolute Gasteiger partial charge is 0.542 e. The zero-order valence-electron chi connectivity index (χ0n) is 17.3. The number of anilines is 1. The standard InChI is InChI=1S/C19H15FN4O2S.C2HF3O2/c1-26-17-5-2-11(6-13(17)20)7-18(25)22-12-3-4-14-15(8-12)24-19(23-14)16-9-27-10-21-16;3-2(4,5)1(6)7/h2-6,8-10H,7H2,1H3,(H,22,25)(H,23,24);(H,6,7). The van der Waals surface area contributed by atoms with Gasteiger partial charge in [0.1, 0.15) is 5.97 Å². The number of nitrogens with one attached hydrogen (secondary N) is 3. The van der Waals surface area contributed by atoms with Gasteiger partial charge in [-0.3, -0.25) is 4.79 Å². The first-order valence-corrected chi connectivity index (χ1v) is 10.3. The monoisotopic (exact) mass is 496 g/mol. The first-order chi connectivity index (χ1) is 16.1. The number of aromatic nitrogens is 3. The summed E-state index contributed by atoms with van der Waals surface area (Å²) in [5, 5.41) is 13.6. The third kappa shape index (κ3) is 6.28. The number of imidazole rings is 1. The van der Waals surface area contributed by atoms with E-state index < -0.39 is 18.0 Å². The summed E-state index contributed by atoms with van der Waals surface area (Å²) >= 11 is 1.52. The van der Waals surface area contributed by atoms with Crippen molar-refractivity contribution in [1.82, 2.24) is 9.97 Å². The number of nitrogens with zero attached hydrogens (tertiary/aromatic N) is 1. The summed E-state index contributed by atoms with van der Waals surface area (Å²) in [6.45, 7) is 0. The van der Waals surface area contributed by atoms with Crippen LogP contribution in [0.5, 0.6) is 5.75 Å². The lowest BCUT2D eigenvalue weighted by Crippen LogP contribution is -2.37. The number of hydrogen-bond acceptors (Lipinski definition) is 6. The zero-order chi connectivity index (χ0) is 24.9. The molecule has 34 heavy (non-hydrogen) atoms. The number of carbonyl (C=O) groups is 2. The maximum atomic E-state index is 13.8. The molecule has 0 bridgehead atoms. The smallest absolute Gasteiger partial charge is 0.430 e. The summed E-state index contributed by atoms with van der Waals surface area (Å²) < 4.78 is 50.2. The molecule has 4 rings (SSSR count). The molecule has 0 atom stereocenters. The minimum atomic E-state index is -5.19. The molecule has 8 nitrogen and oxygen atoms in total. The Morgan fingerprint density at radius 2 is 1.97 bits per heavy atom. The highest BCUT2D eigenvalue weighted by molar-refractivity contribution is 7.07. The Balaban J connectivity index is 0.000000406. The molecule has 0 aliphatic rings. The van der Waals surface area contributed by atoms with E-state index in [9.17, 15) is 22.4 Å². The van der Waals surface area contributed by atoms with Crippen molar-refractivity contribution in [2.45, 2.75) is 12.6 Å². The van der Waals surface area contributed by atoms with Crippen LogP contribution in [-0.2, 0) is 16.0 Å². The van der Waals surface area contributed by atoms with Gasteiger partial charge in [-0.2, -0.15) is 13.2 Å². The molecule has 4 aromatic rings. The van der Waals surface area contributed by atoms with Gasteiger partial charge in [0.2, 0.25) is 5.91 Å². The highest BCUT2D eigenvalue weighted by atomic mass is 32.1. The number of halogens is 4. The molecule has 0 radical (unpaired) electrons. The Bertz CT molecular complexity index is 1310. The van der Waals surface area contributed by atoms with Crippen LogP contribution < -0.4 is 20.1 Å². The second-order valence-corrected chi connectivity index (χ2v) is 7.46. The molecule has 0 saturated carbocycles. The van der Waals surface area contributed by atoms with Crippen LogP contribution in [0.1, 0.15) is 5.56 Å². The van der Waals surface area contributed by atoms with E-state index in [4.69, 9.17) is 14.6 Å². The van der Waals surface area contributed by atoms with Crippen molar-refractivity contribution < 1.29 is 42.0 Å². The Morgan fingerprint density at radius 3 is 2.56 bits per heavy atom. The van der Waals surface area contributed by atoms with E-state index in [0.29, 0.717) is 11.3 Å². The van der Waals surface area contributed by atoms with Crippen LogP contribution in [-0.4, -0.2) is 35.1 Å². The van der Waals surface area contributed by atoms with Gasteiger partial charge >= 0.3 is 12.0 Å². The summed E-state index contributed by atoms with van der Waals surface area (Å²) in [7, 11) is 1.40. The Hall–Kier alpha value is -4.00. The molecule has 1 amide bonds. The van der Waals surface area contributed by atoms with Gasteiger partial charge in [-0.05, 0) is 29.8 Å². The summed E-state index contributed by atoms with van der Waals surface area (Å²) in [4.78, 5) is 31.8. The summed E-state index contributed by atoms with van der Waals surface area (Å²) in [6, 6.07) is 10.0. The van der Waals surface area contributed by atoms with Crippen molar-refractivity contribution in [2.24, 2.45) is 0 Å².